The van der Waals surface area contributed by atoms with Crippen molar-refractivity contribution in [3.63, 3.8) is 0 Å². The molecule has 0 aliphatic carbocycles. The highest BCUT2D eigenvalue weighted by atomic mass is 16.5. The Bertz CT molecular complexity index is 286. The molecule has 1 atom stereocenters. The molecule has 0 saturated heterocycles. The number of hydrogen-bond acceptors (Lipinski definition) is 2. The summed E-state index contributed by atoms with van der Waals surface area (Å²) in [5.74, 6) is 0.999. The molecule has 92 valence electrons. The molecular formula is C14H25NO. The summed E-state index contributed by atoms with van der Waals surface area (Å²) >= 11 is 0. The lowest BCUT2D eigenvalue weighted by atomic mass is 10.2. The number of fused-ring (bicyclic) bond motifs is 1. The van der Waals surface area contributed by atoms with Crippen molar-refractivity contribution in [3.8, 4) is 5.75 Å². The average Bonchev–Trinajstić information content (AvgIpc) is 2.34. The van der Waals surface area contributed by atoms with Gasteiger partial charge in [-0.15, -0.1) is 0 Å². The van der Waals surface area contributed by atoms with Gasteiger partial charge in [0.25, 0.3) is 0 Å². The summed E-state index contributed by atoms with van der Waals surface area (Å²) in [5.41, 5.74) is 1.19. The van der Waals surface area contributed by atoms with Crippen LogP contribution in [0.15, 0.2) is 24.3 Å². The van der Waals surface area contributed by atoms with Crippen LogP contribution in [-0.4, -0.2) is 19.7 Å². The third-order valence-electron chi connectivity index (χ3n) is 2.14. The molecule has 1 aromatic rings. The molecule has 1 heterocycles. The number of anilines is 1. The van der Waals surface area contributed by atoms with Gasteiger partial charge in [-0.1, -0.05) is 39.8 Å². The molecule has 0 spiro atoms. The number of ether oxygens (including phenoxy) is 1. The third kappa shape index (κ3) is 3.76. The fourth-order valence-corrected chi connectivity index (χ4v) is 1.61. The van der Waals surface area contributed by atoms with E-state index in [1.54, 1.807) is 0 Å². The van der Waals surface area contributed by atoms with Crippen LogP contribution in [0, 0.1) is 0 Å². The Morgan fingerprint density at radius 3 is 2.31 bits per heavy atom. The zero-order chi connectivity index (χ0) is 12.6. The largest absolute Gasteiger partial charge is 0.487 e. The Morgan fingerprint density at radius 2 is 1.69 bits per heavy atom. The summed E-state index contributed by atoms with van der Waals surface area (Å²) in [6.45, 7) is 11.1. The zero-order valence-electron chi connectivity index (χ0n) is 11.4. The topological polar surface area (TPSA) is 12.5 Å². The number of benzene rings is 1. The first-order chi connectivity index (χ1) is 7.77. The van der Waals surface area contributed by atoms with Crippen LogP contribution in [-0.2, 0) is 0 Å². The van der Waals surface area contributed by atoms with Crippen molar-refractivity contribution in [2.45, 2.75) is 40.7 Å². The van der Waals surface area contributed by atoms with Gasteiger partial charge in [0.15, 0.2) is 0 Å². The first kappa shape index (κ1) is 14.8. The predicted octanol–water partition coefficient (Wildman–Crippen LogP) is 3.96. The summed E-state index contributed by atoms with van der Waals surface area (Å²) in [7, 11) is 2.10. The zero-order valence-corrected chi connectivity index (χ0v) is 11.4. The van der Waals surface area contributed by atoms with Gasteiger partial charge in [-0.25, -0.2) is 0 Å². The monoisotopic (exact) mass is 223 g/mol. The van der Waals surface area contributed by atoms with Crippen LogP contribution in [0.25, 0.3) is 0 Å². The van der Waals surface area contributed by atoms with Crippen molar-refractivity contribution in [3.05, 3.63) is 24.3 Å². The van der Waals surface area contributed by atoms with E-state index in [2.05, 4.69) is 24.9 Å². The highest BCUT2D eigenvalue weighted by Gasteiger charge is 2.18. The van der Waals surface area contributed by atoms with E-state index in [0.717, 1.165) is 12.3 Å². The molecule has 0 fully saturated rings. The van der Waals surface area contributed by atoms with Crippen LogP contribution in [0.1, 0.15) is 34.6 Å². The third-order valence-corrected chi connectivity index (χ3v) is 2.14. The van der Waals surface area contributed by atoms with Crippen LogP contribution in [0.2, 0.25) is 0 Å². The number of hydrogen-bond donors (Lipinski definition) is 0. The summed E-state index contributed by atoms with van der Waals surface area (Å²) in [5, 5.41) is 0. The van der Waals surface area contributed by atoms with Gasteiger partial charge in [0.2, 0.25) is 0 Å². The number of nitrogens with zero attached hydrogens (tertiary/aromatic N) is 1. The molecule has 1 unspecified atom stereocenters. The normalized spacial score (nSPS) is 16.9. The van der Waals surface area contributed by atoms with Crippen LogP contribution >= 0.6 is 0 Å². The molecule has 0 radical (unpaired) electrons. The summed E-state index contributed by atoms with van der Waals surface area (Å²) in [6.07, 6.45) is 0.296. The van der Waals surface area contributed by atoms with E-state index < -0.39 is 0 Å². The van der Waals surface area contributed by atoms with Gasteiger partial charge in [0.05, 0.1) is 12.2 Å². The lowest BCUT2D eigenvalue weighted by molar-refractivity contribution is 0.215. The number of para-hydroxylation sites is 2. The molecule has 2 heteroatoms. The minimum absolute atomic E-state index is 0.296. The van der Waals surface area contributed by atoms with Crippen molar-refractivity contribution >= 4 is 5.69 Å². The summed E-state index contributed by atoms with van der Waals surface area (Å²) < 4.78 is 5.66. The van der Waals surface area contributed by atoms with Gasteiger partial charge < -0.3 is 9.64 Å². The smallest absolute Gasteiger partial charge is 0.143 e. The maximum atomic E-state index is 5.66. The van der Waals surface area contributed by atoms with E-state index in [-0.39, 0.29) is 0 Å². The Balaban J connectivity index is 0.000000509. The van der Waals surface area contributed by atoms with Gasteiger partial charge in [-0.2, -0.15) is 0 Å². The van der Waals surface area contributed by atoms with Gasteiger partial charge in [0.1, 0.15) is 11.9 Å². The van der Waals surface area contributed by atoms with Crippen molar-refractivity contribution in [1.29, 1.82) is 0 Å². The lowest BCUT2D eigenvalue weighted by Crippen LogP contribution is -2.35. The van der Waals surface area contributed by atoms with E-state index >= 15 is 0 Å². The molecule has 1 aliphatic rings. The van der Waals surface area contributed by atoms with Gasteiger partial charge in [-0.05, 0) is 19.1 Å². The van der Waals surface area contributed by atoms with E-state index in [1.807, 2.05) is 45.9 Å². The summed E-state index contributed by atoms with van der Waals surface area (Å²) in [6, 6.07) is 8.14. The minimum atomic E-state index is 0.296. The first-order valence-corrected chi connectivity index (χ1v) is 6.24. The van der Waals surface area contributed by atoms with E-state index in [4.69, 9.17) is 4.74 Å². The molecule has 0 amide bonds. The van der Waals surface area contributed by atoms with Crippen LogP contribution in [0.4, 0.5) is 5.69 Å². The molecule has 2 rings (SSSR count). The van der Waals surface area contributed by atoms with Crippen molar-refractivity contribution in [1.82, 2.24) is 0 Å². The average molecular weight is 223 g/mol. The molecular weight excluding hydrogens is 198 g/mol. The van der Waals surface area contributed by atoms with E-state index in [9.17, 15) is 0 Å². The second-order valence-corrected chi connectivity index (χ2v) is 3.28. The molecule has 0 aromatic heterocycles. The number of likely N-dealkylation sites (N-methyl/N-ethyl adjacent to an activating group) is 1. The fraction of sp³-hybridized carbons (Fsp3) is 0.571. The van der Waals surface area contributed by atoms with E-state index in [1.165, 1.54) is 5.69 Å². The Hall–Kier alpha value is -1.18. The molecule has 1 aliphatic heterocycles. The van der Waals surface area contributed by atoms with Crippen molar-refractivity contribution in [2.24, 2.45) is 0 Å². The maximum Gasteiger partial charge on any atom is 0.143 e. The maximum absolute atomic E-state index is 5.66. The second-order valence-electron chi connectivity index (χ2n) is 3.28. The minimum Gasteiger partial charge on any atom is -0.487 e. The van der Waals surface area contributed by atoms with Gasteiger partial charge in [-0.3, -0.25) is 0 Å². The van der Waals surface area contributed by atoms with Gasteiger partial charge in [0, 0.05) is 7.05 Å². The molecule has 16 heavy (non-hydrogen) atoms. The number of rotatable bonds is 0. The molecule has 0 saturated carbocycles. The van der Waals surface area contributed by atoms with Crippen LogP contribution in [0.5, 0.6) is 5.75 Å². The first-order valence-electron chi connectivity index (χ1n) is 6.24. The molecule has 0 N–H and O–H groups in total. The fourth-order valence-electron chi connectivity index (χ4n) is 1.61. The standard InChI is InChI=1S/C10H13NO.2C2H6/c1-8-7-11(2)9-5-3-4-6-10(9)12-8;2*1-2/h3-6,8H,7H2,1-2H3;2*1-2H3. The van der Waals surface area contributed by atoms with E-state index in [0.29, 0.717) is 6.10 Å². The molecule has 0 bridgehead atoms. The molecule has 1 aromatic carbocycles. The van der Waals surface area contributed by atoms with Gasteiger partial charge >= 0.3 is 0 Å². The van der Waals surface area contributed by atoms with Crippen LogP contribution in [0.3, 0.4) is 0 Å². The van der Waals surface area contributed by atoms with Crippen molar-refractivity contribution < 1.29 is 4.74 Å². The Morgan fingerprint density at radius 1 is 1.12 bits per heavy atom. The highest BCUT2D eigenvalue weighted by molar-refractivity contribution is 5.59. The second kappa shape index (κ2) is 8.03. The highest BCUT2D eigenvalue weighted by Crippen LogP contribution is 2.31. The Labute approximate surface area is 100 Å². The summed E-state index contributed by atoms with van der Waals surface area (Å²) in [4.78, 5) is 2.23. The predicted molar refractivity (Wildman–Crippen MR) is 72.5 cm³/mol. The quantitative estimate of drug-likeness (QED) is 0.660. The SMILES string of the molecule is CC.CC.CC1CN(C)c2ccccc2O1. The Kier molecular flexibility index (Phi) is 7.44. The van der Waals surface area contributed by atoms with Crippen LogP contribution < -0.4 is 9.64 Å². The lowest BCUT2D eigenvalue weighted by Gasteiger charge is -2.31. The van der Waals surface area contributed by atoms with Crippen molar-refractivity contribution in [2.75, 3.05) is 18.5 Å². The molecule has 2 nitrogen and oxygen atoms in total.